The van der Waals surface area contributed by atoms with E-state index >= 15 is 0 Å². The highest BCUT2D eigenvalue weighted by molar-refractivity contribution is 6.30. The van der Waals surface area contributed by atoms with Crippen LogP contribution in [0.5, 0.6) is 0 Å². The van der Waals surface area contributed by atoms with Gasteiger partial charge in [0.05, 0.1) is 0 Å². The van der Waals surface area contributed by atoms with E-state index in [1.165, 1.54) is 23.1 Å². The van der Waals surface area contributed by atoms with Crippen molar-refractivity contribution in [1.82, 2.24) is 0 Å². The summed E-state index contributed by atoms with van der Waals surface area (Å²) in [6, 6.07) is 14.6. The first-order valence-electron chi connectivity index (χ1n) is 6.32. The average Bonchev–Trinajstić information content (AvgIpc) is 2.40. The van der Waals surface area contributed by atoms with Crippen LogP contribution in [0.3, 0.4) is 0 Å². The molecular weight excluding hydrogens is 242 g/mol. The SMILES string of the molecule is CCCc1ccc(-c2ccc(Cl)cc2CN)cc1. The summed E-state index contributed by atoms with van der Waals surface area (Å²) in [4.78, 5) is 0. The van der Waals surface area contributed by atoms with Crippen molar-refractivity contribution in [1.29, 1.82) is 0 Å². The standard InChI is InChI=1S/C16H18ClN/c1-2-3-12-4-6-13(7-5-12)16-9-8-15(17)10-14(16)11-18/h4-10H,2-3,11,18H2,1H3. The molecule has 18 heavy (non-hydrogen) atoms. The van der Waals surface area contributed by atoms with Crippen molar-refractivity contribution in [2.45, 2.75) is 26.3 Å². The maximum atomic E-state index is 5.99. The van der Waals surface area contributed by atoms with Crippen molar-refractivity contribution in [2.24, 2.45) is 5.73 Å². The van der Waals surface area contributed by atoms with E-state index in [0.29, 0.717) is 6.54 Å². The number of aryl methyl sites for hydroxylation is 1. The Balaban J connectivity index is 2.36. The zero-order valence-electron chi connectivity index (χ0n) is 10.6. The molecule has 0 aromatic heterocycles. The lowest BCUT2D eigenvalue weighted by Crippen LogP contribution is -1.99. The Morgan fingerprint density at radius 3 is 2.39 bits per heavy atom. The number of halogens is 1. The van der Waals surface area contributed by atoms with Gasteiger partial charge in [0.25, 0.3) is 0 Å². The highest BCUT2D eigenvalue weighted by Gasteiger charge is 2.04. The first-order chi connectivity index (χ1) is 8.74. The molecule has 0 fully saturated rings. The predicted octanol–water partition coefficient (Wildman–Crippen LogP) is 4.42. The number of hydrogen-bond acceptors (Lipinski definition) is 1. The molecule has 0 atom stereocenters. The Morgan fingerprint density at radius 1 is 1.06 bits per heavy atom. The molecule has 0 aliphatic carbocycles. The first-order valence-corrected chi connectivity index (χ1v) is 6.70. The van der Waals surface area contributed by atoms with Gasteiger partial charge in [0, 0.05) is 11.6 Å². The number of benzene rings is 2. The molecule has 0 bridgehead atoms. The van der Waals surface area contributed by atoms with E-state index in [-0.39, 0.29) is 0 Å². The molecule has 2 aromatic rings. The lowest BCUT2D eigenvalue weighted by atomic mass is 9.98. The minimum atomic E-state index is 0.507. The first kappa shape index (κ1) is 13.1. The van der Waals surface area contributed by atoms with Gasteiger partial charge in [-0.05, 0) is 40.8 Å². The fourth-order valence-corrected chi connectivity index (χ4v) is 2.35. The molecule has 0 radical (unpaired) electrons. The van der Waals surface area contributed by atoms with Gasteiger partial charge in [-0.3, -0.25) is 0 Å². The van der Waals surface area contributed by atoms with E-state index < -0.39 is 0 Å². The van der Waals surface area contributed by atoms with Crippen molar-refractivity contribution >= 4 is 11.6 Å². The normalized spacial score (nSPS) is 10.6. The summed E-state index contributed by atoms with van der Waals surface area (Å²) in [6.07, 6.45) is 2.30. The number of rotatable bonds is 4. The average molecular weight is 260 g/mol. The highest BCUT2D eigenvalue weighted by Crippen LogP contribution is 2.26. The third-order valence-corrected chi connectivity index (χ3v) is 3.33. The van der Waals surface area contributed by atoms with Crippen LogP contribution in [0.15, 0.2) is 42.5 Å². The maximum absolute atomic E-state index is 5.99. The largest absolute Gasteiger partial charge is 0.326 e. The van der Waals surface area contributed by atoms with Crippen molar-refractivity contribution < 1.29 is 0 Å². The summed E-state index contributed by atoms with van der Waals surface area (Å²) in [7, 11) is 0. The summed E-state index contributed by atoms with van der Waals surface area (Å²) < 4.78 is 0. The van der Waals surface area contributed by atoms with Crippen LogP contribution >= 0.6 is 11.6 Å². The Morgan fingerprint density at radius 2 is 1.78 bits per heavy atom. The zero-order valence-corrected chi connectivity index (χ0v) is 11.4. The van der Waals surface area contributed by atoms with Crippen LogP contribution in [-0.2, 0) is 13.0 Å². The molecule has 0 heterocycles. The minimum absolute atomic E-state index is 0.507. The molecule has 2 N–H and O–H groups in total. The van der Waals surface area contributed by atoms with Crippen LogP contribution in [0, 0.1) is 0 Å². The Hall–Kier alpha value is -1.31. The fourth-order valence-electron chi connectivity index (χ4n) is 2.15. The van der Waals surface area contributed by atoms with Crippen molar-refractivity contribution in [3.63, 3.8) is 0 Å². The second-order valence-electron chi connectivity index (χ2n) is 4.45. The molecule has 0 saturated carbocycles. The number of hydrogen-bond donors (Lipinski definition) is 1. The zero-order chi connectivity index (χ0) is 13.0. The molecule has 1 nitrogen and oxygen atoms in total. The Labute approximate surface area is 114 Å². The monoisotopic (exact) mass is 259 g/mol. The smallest absolute Gasteiger partial charge is 0.0409 e. The van der Waals surface area contributed by atoms with Gasteiger partial charge < -0.3 is 5.73 Å². The summed E-state index contributed by atoms with van der Waals surface area (Å²) in [6.45, 7) is 2.70. The fraction of sp³-hybridized carbons (Fsp3) is 0.250. The van der Waals surface area contributed by atoms with Gasteiger partial charge in [0.15, 0.2) is 0 Å². The van der Waals surface area contributed by atoms with Gasteiger partial charge in [-0.1, -0.05) is 55.3 Å². The maximum Gasteiger partial charge on any atom is 0.0409 e. The molecule has 0 amide bonds. The topological polar surface area (TPSA) is 26.0 Å². The van der Waals surface area contributed by atoms with E-state index in [1.54, 1.807) is 0 Å². The Bertz CT molecular complexity index is 517. The quantitative estimate of drug-likeness (QED) is 0.864. The summed E-state index contributed by atoms with van der Waals surface area (Å²) in [5.41, 5.74) is 10.6. The van der Waals surface area contributed by atoms with E-state index in [4.69, 9.17) is 17.3 Å². The van der Waals surface area contributed by atoms with Crippen LogP contribution in [0.4, 0.5) is 0 Å². The summed E-state index contributed by atoms with van der Waals surface area (Å²) >= 11 is 5.99. The second kappa shape index (κ2) is 6.03. The summed E-state index contributed by atoms with van der Waals surface area (Å²) in [5.74, 6) is 0. The van der Waals surface area contributed by atoms with Gasteiger partial charge in [-0.15, -0.1) is 0 Å². The molecule has 0 aliphatic heterocycles. The molecule has 0 saturated heterocycles. The molecule has 0 aliphatic rings. The molecule has 2 aromatic carbocycles. The molecule has 94 valence electrons. The van der Waals surface area contributed by atoms with Gasteiger partial charge in [-0.2, -0.15) is 0 Å². The molecule has 2 heteroatoms. The van der Waals surface area contributed by atoms with Gasteiger partial charge in [0.2, 0.25) is 0 Å². The van der Waals surface area contributed by atoms with Crippen LogP contribution in [0.2, 0.25) is 5.02 Å². The van der Waals surface area contributed by atoms with Crippen LogP contribution in [-0.4, -0.2) is 0 Å². The molecule has 2 rings (SSSR count). The van der Waals surface area contributed by atoms with Gasteiger partial charge in [0.1, 0.15) is 0 Å². The van der Waals surface area contributed by atoms with Crippen LogP contribution in [0.1, 0.15) is 24.5 Å². The third-order valence-electron chi connectivity index (χ3n) is 3.09. The van der Waals surface area contributed by atoms with Gasteiger partial charge >= 0.3 is 0 Å². The predicted molar refractivity (Wildman–Crippen MR) is 78.8 cm³/mol. The van der Waals surface area contributed by atoms with Crippen LogP contribution in [0.25, 0.3) is 11.1 Å². The minimum Gasteiger partial charge on any atom is -0.326 e. The lowest BCUT2D eigenvalue weighted by Gasteiger charge is -2.09. The van der Waals surface area contributed by atoms with Crippen molar-refractivity contribution in [3.8, 4) is 11.1 Å². The van der Waals surface area contributed by atoms with E-state index in [2.05, 4.69) is 31.2 Å². The van der Waals surface area contributed by atoms with Crippen molar-refractivity contribution in [3.05, 3.63) is 58.6 Å². The second-order valence-corrected chi connectivity index (χ2v) is 4.89. The molecule has 0 spiro atoms. The van der Waals surface area contributed by atoms with Crippen molar-refractivity contribution in [2.75, 3.05) is 0 Å². The number of nitrogens with two attached hydrogens (primary N) is 1. The van der Waals surface area contributed by atoms with E-state index in [1.807, 2.05) is 18.2 Å². The highest BCUT2D eigenvalue weighted by atomic mass is 35.5. The van der Waals surface area contributed by atoms with Crippen LogP contribution < -0.4 is 5.73 Å². The lowest BCUT2D eigenvalue weighted by molar-refractivity contribution is 0.922. The summed E-state index contributed by atoms with van der Waals surface area (Å²) in [5, 5.41) is 0.738. The Kier molecular flexibility index (Phi) is 4.40. The van der Waals surface area contributed by atoms with E-state index in [9.17, 15) is 0 Å². The van der Waals surface area contributed by atoms with Gasteiger partial charge in [-0.25, -0.2) is 0 Å². The third kappa shape index (κ3) is 2.92. The molecule has 0 unspecified atom stereocenters. The van der Waals surface area contributed by atoms with E-state index in [0.717, 1.165) is 17.0 Å². The molecular formula is C16H18ClN.